The number of alkyl halides is 1. The van der Waals surface area contributed by atoms with E-state index < -0.39 is 42.6 Å². The normalized spacial score (nSPS) is 27.1. The first-order valence-electron chi connectivity index (χ1n) is 15.1. The summed E-state index contributed by atoms with van der Waals surface area (Å²) in [7, 11) is 0. The van der Waals surface area contributed by atoms with Crippen molar-refractivity contribution in [3.05, 3.63) is 59.3 Å². The number of nitrogens with zero attached hydrogens (tertiary/aromatic N) is 8. The number of hydrogen-bond acceptors (Lipinski definition) is 15. The molecule has 2 fully saturated rings. The fourth-order valence-corrected chi connectivity index (χ4v) is 7.59. The molecule has 2 aliphatic heterocycles. The minimum absolute atomic E-state index is 0.144. The molecule has 6 aromatic rings. The lowest BCUT2D eigenvalue weighted by Gasteiger charge is -2.14. The lowest BCUT2D eigenvalue weighted by Crippen LogP contribution is -2.24. The van der Waals surface area contributed by atoms with Gasteiger partial charge in [0, 0.05) is 46.1 Å². The van der Waals surface area contributed by atoms with Gasteiger partial charge in [-0.05, 0) is 12.1 Å². The van der Waals surface area contributed by atoms with Gasteiger partial charge >= 0.3 is 0 Å². The molecule has 18 heteroatoms. The van der Waals surface area contributed by atoms with Crippen LogP contribution in [0.2, 0.25) is 0 Å². The Hall–Kier alpha value is -4.17. The summed E-state index contributed by atoms with van der Waals surface area (Å²) in [6.45, 7) is 3.21. The van der Waals surface area contributed by atoms with E-state index in [4.69, 9.17) is 20.9 Å². The van der Waals surface area contributed by atoms with Gasteiger partial charge in [-0.1, -0.05) is 13.8 Å². The van der Waals surface area contributed by atoms with E-state index in [-0.39, 0.29) is 19.1 Å². The Morgan fingerprint density at radius 3 is 1.69 bits per heavy atom. The zero-order chi connectivity index (χ0) is 33.7. The highest BCUT2D eigenvalue weighted by Gasteiger charge is 2.45. The molecule has 8 heterocycles. The smallest absolute Gasteiger partial charge is 0.152 e. The molecule has 48 heavy (non-hydrogen) atoms. The second kappa shape index (κ2) is 13.0. The SMILES string of the molecule is C[C@H]1[C@H](F)[C@H](c2cc(-c3nccs3)c3c(N)ncnn23)O[C@@H]1CO.C[C@H]1[C@H](O)[C@H](c2cc(-c3nccs3)c3c(N)ncnn23)O[C@@H]1CO. The van der Waals surface area contributed by atoms with E-state index in [1.165, 1.54) is 35.3 Å². The fraction of sp³-hybridized carbons (Fsp3) is 0.400. The van der Waals surface area contributed by atoms with Crippen molar-refractivity contribution in [2.45, 2.75) is 50.5 Å². The third kappa shape index (κ3) is 5.38. The minimum Gasteiger partial charge on any atom is -0.394 e. The molecule has 15 nitrogen and oxygen atoms in total. The van der Waals surface area contributed by atoms with E-state index >= 15 is 0 Å². The van der Waals surface area contributed by atoms with Gasteiger partial charge in [-0.25, -0.2) is 33.4 Å². The molecule has 2 saturated heterocycles. The van der Waals surface area contributed by atoms with Crippen LogP contribution in [0, 0.1) is 11.8 Å². The van der Waals surface area contributed by atoms with Gasteiger partial charge in [0.2, 0.25) is 0 Å². The topological polar surface area (TPSA) is 217 Å². The molecule has 0 amide bonds. The maximum absolute atomic E-state index is 14.7. The molecule has 2 aliphatic rings. The van der Waals surface area contributed by atoms with Crippen molar-refractivity contribution in [1.82, 2.24) is 39.2 Å². The van der Waals surface area contributed by atoms with Crippen LogP contribution in [0.1, 0.15) is 37.4 Å². The molecule has 0 radical (unpaired) electrons. The van der Waals surface area contributed by atoms with Crippen molar-refractivity contribution in [1.29, 1.82) is 0 Å². The molecule has 8 atom stereocenters. The summed E-state index contributed by atoms with van der Waals surface area (Å²) < 4.78 is 29.5. The average Bonchev–Trinajstić information content (AvgIpc) is 3.94. The lowest BCUT2D eigenvalue weighted by atomic mass is 9.97. The first-order valence-corrected chi connectivity index (χ1v) is 16.9. The summed E-state index contributed by atoms with van der Waals surface area (Å²) in [6, 6.07) is 3.67. The number of thiazole rings is 2. The predicted molar refractivity (Wildman–Crippen MR) is 176 cm³/mol. The number of hydrogen-bond donors (Lipinski definition) is 5. The quantitative estimate of drug-likeness (QED) is 0.169. The highest BCUT2D eigenvalue weighted by atomic mass is 32.1. The molecule has 0 spiro atoms. The number of aliphatic hydroxyl groups is 3. The summed E-state index contributed by atoms with van der Waals surface area (Å²) in [4.78, 5) is 16.7. The van der Waals surface area contributed by atoms with Crippen LogP contribution >= 0.6 is 22.7 Å². The van der Waals surface area contributed by atoms with E-state index in [0.29, 0.717) is 34.1 Å². The zero-order valence-electron chi connectivity index (χ0n) is 25.7. The third-order valence-electron chi connectivity index (χ3n) is 8.94. The Balaban J connectivity index is 0.000000152. The number of anilines is 2. The summed E-state index contributed by atoms with van der Waals surface area (Å²) in [5, 5.41) is 43.1. The second-order valence-electron chi connectivity index (χ2n) is 11.7. The number of fused-ring (bicyclic) bond motifs is 2. The number of aliphatic hydroxyl groups excluding tert-OH is 3. The van der Waals surface area contributed by atoms with Gasteiger partial charge in [0.25, 0.3) is 0 Å². The van der Waals surface area contributed by atoms with Crippen molar-refractivity contribution >= 4 is 45.3 Å². The van der Waals surface area contributed by atoms with E-state index in [1.807, 2.05) is 23.8 Å². The fourth-order valence-electron chi connectivity index (χ4n) is 6.28. The van der Waals surface area contributed by atoms with Crippen LogP contribution in [0.15, 0.2) is 47.9 Å². The molecule has 0 saturated carbocycles. The van der Waals surface area contributed by atoms with E-state index in [9.17, 15) is 19.7 Å². The Morgan fingerprint density at radius 2 is 1.25 bits per heavy atom. The first-order chi connectivity index (χ1) is 23.2. The maximum Gasteiger partial charge on any atom is 0.152 e. The summed E-state index contributed by atoms with van der Waals surface area (Å²) in [5.74, 6) is 0.0309. The van der Waals surface area contributed by atoms with Crippen LogP contribution in [0.25, 0.3) is 32.2 Å². The van der Waals surface area contributed by atoms with Gasteiger partial charge in [0.1, 0.15) is 52.1 Å². The van der Waals surface area contributed by atoms with Gasteiger partial charge in [0.15, 0.2) is 11.6 Å². The molecule has 0 aliphatic carbocycles. The first kappa shape index (κ1) is 32.4. The van der Waals surface area contributed by atoms with E-state index in [1.54, 1.807) is 34.4 Å². The molecular formula is C30H33FN10O5S2. The van der Waals surface area contributed by atoms with Crippen LogP contribution in [-0.4, -0.2) is 92.2 Å². The molecule has 0 bridgehead atoms. The minimum atomic E-state index is -1.25. The zero-order valence-corrected chi connectivity index (χ0v) is 27.4. The molecule has 7 N–H and O–H groups in total. The Kier molecular flexibility index (Phi) is 8.79. The molecule has 6 aromatic heterocycles. The Bertz CT molecular complexity index is 1880. The number of rotatable bonds is 6. The van der Waals surface area contributed by atoms with E-state index in [2.05, 4.69) is 30.1 Å². The van der Waals surface area contributed by atoms with E-state index in [0.717, 1.165) is 21.1 Å². The third-order valence-corrected chi connectivity index (χ3v) is 10.6. The van der Waals surface area contributed by atoms with Crippen LogP contribution in [0.4, 0.5) is 16.0 Å². The molecule has 0 unspecified atom stereocenters. The number of halogens is 1. The Morgan fingerprint density at radius 1 is 0.771 bits per heavy atom. The number of nitrogens with two attached hydrogens (primary N) is 2. The second-order valence-corrected chi connectivity index (χ2v) is 13.4. The van der Waals surface area contributed by atoms with Crippen molar-refractivity contribution in [3.8, 4) is 21.1 Å². The number of aromatic nitrogens is 8. The Labute approximate surface area is 280 Å². The van der Waals surface area contributed by atoms with Crippen LogP contribution in [0.5, 0.6) is 0 Å². The number of nitrogen functional groups attached to an aromatic ring is 2. The highest BCUT2D eigenvalue weighted by molar-refractivity contribution is 7.13. The maximum atomic E-state index is 14.7. The van der Waals surface area contributed by atoms with Crippen LogP contribution in [-0.2, 0) is 9.47 Å². The van der Waals surface area contributed by atoms with Crippen LogP contribution in [0.3, 0.4) is 0 Å². The van der Waals surface area contributed by atoms with Gasteiger partial charge in [-0.2, -0.15) is 10.2 Å². The number of ether oxygens (including phenoxy) is 2. The summed E-state index contributed by atoms with van der Waals surface area (Å²) >= 11 is 2.93. The summed E-state index contributed by atoms with van der Waals surface area (Å²) in [5.41, 5.74) is 16.0. The molecule has 8 rings (SSSR count). The van der Waals surface area contributed by atoms with Crippen LogP contribution < -0.4 is 11.5 Å². The average molecular weight is 697 g/mol. The lowest BCUT2D eigenvalue weighted by molar-refractivity contribution is -0.0152. The van der Waals surface area contributed by atoms with Gasteiger partial charge in [-0.15, -0.1) is 22.7 Å². The standard InChI is InChI=1S/C15H16FN5O2S.C15H17N5O3S/c1-7-10(5-22)23-13(11(7)16)9-4-8(15-18-2-3-24-15)12-14(17)19-6-20-21(9)12;1-7-10(5-21)23-13(12(7)22)9-4-8(15-17-2-3-24-15)11-14(16)18-6-19-20(9)11/h2-4,6-7,10-11,13,22H,5H2,1H3,(H2,17,19,20);2-4,6-7,10,12-13,21-22H,5H2,1H3,(H2,16,18,19)/t7-,10-,11+,13+;7-,10-,12+,13+/m11/s1. The van der Waals surface area contributed by atoms with Crippen molar-refractivity contribution in [2.24, 2.45) is 11.8 Å². The largest absolute Gasteiger partial charge is 0.394 e. The molecule has 0 aromatic carbocycles. The van der Waals surface area contributed by atoms with Crippen molar-refractivity contribution < 1.29 is 29.2 Å². The summed E-state index contributed by atoms with van der Waals surface area (Å²) in [6.07, 6.45) is 1.71. The van der Waals surface area contributed by atoms with Gasteiger partial charge < -0.3 is 36.3 Å². The van der Waals surface area contributed by atoms with Gasteiger partial charge in [-0.3, -0.25) is 0 Å². The monoisotopic (exact) mass is 696 g/mol. The highest BCUT2D eigenvalue weighted by Crippen LogP contribution is 2.43. The molecule has 252 valence electrons. The van der Waals surface area contributed by atoms with Gasteiger partial charge in [0.05, 0.1) is 42.9 Å². The van der Waals surface area contributed by atoms with Crippen molar-refractivity contribution in [2.75, 3.05) is 24.7 Å². The molecular weight excluding hydrogens is 664 g/mol. The predicted octanol–water partition coefficient (Wildman–Crippen LogP) is 2.71. The van der Waals surface area contributed by atoms with Crippen molar-refractivity contribution in [3.63, 3.8) is 0 Å².